The van der Waals surface area contributed by atoms with E-state index in [0.29, 0.717) is 22.3 Å². The molecule has 0 aromatic heterocycles. The molecule has 0 saturated carbocycles. The van der Waals surface area contributed by atoms with E-state index < -0.39 is 0 Å². The van der Waals surface area contributed by atoms with Crippen LogP contribution in [0, 0.1) is 34.3 Å². The van der Waals surface area contributed by atoms with Gasteiger partial charge in [-0.1, -0.05) is 197 Å². The van der Waals surface area contributed by atoms with E-state index in [0.717, 1.165) is 70.9 Å². The first-order chi connectivity index (χ1) is 34.5. The number of nitrogens with zero attached hydrogens (tertiary/aromatic N) is 2. The second kappa shape index (κ2) is 31.6. The highest BCUT2D eigenvalue weighted by Crippen LogP contribution is 2.32. The van der Waals surface area contributed by atoms with Crippen LogP contribution < -0.4 is 9.47 Å². The quantitative estimate of drug-likeness (QED) is 0.0302. The van der Waals surface area contributed by atoms with Crippen molar-refractivity contribution in [2.45, 2.75) is 128 Å². The van der Waals surface area contributed by atoms with Crippen LogP contribution in [0.25, 0.3) is 44.5 Å². The molecule has 0 radical (unpaired) electrons. The van der Waals surface area contributed by atoms with Crippen LogP contribution in [0.1, 0.15) is 140 Å². The average molecular weight is 977 g/mol. The lowest BCUT2D eigenvalue weighted by molar-refractivity contribution is 0.304. The summed E-state index contributed by atoms with van der Waals surface area (Å²) in [5.41, 5.74) is 7.23. The van der Waals surface area contributed by atoms with Gasteiger partial charge < -0.3 is 9.47 Å². The smallest absolute Gasteiger partial charge is 0.131 e. The van der Waals surface area contributed by atoms with Crippen LogP contribution in [0.4, 0.5) is 8.78 Å². The third-order valence-corrected chi connectivity index (χ3v) is 15.4. The Kier molecular flexibility index (Phi) is 24.3. The molecule has 6 aromatic rings. The fourth-order valence-corrected chi connectivity index (χ4v) is 10.9. The first-order valence-corrected chi connectivity index (χ1v) is 28.3. The maximum Gasteiger partial charge on any atom is 0.131 e. The van der Waals surface area contributed by atoms with Crippen LogP contribution in [-0.4, -0.2) is 24.7 Å². The van der Waals surface area contributed by atoms with E-state index in [4.69, 9.17) is 20.0 Å². The monoisotopic (exact) mass is 976 g/mol. The molecule has 0 fully saturated rings. The highest BCUT2D eigenvalue weighted by atomic mass is 33.1. The van der Waals surface area contributed by atoms with Gasteiger partial charge in [0.25, 0.3) is 0 Å². The van der Waals surface area contributed by atoms with Gasteiger partial charge in [0.2, 0.25) is 0 Å². The molecule has 0 N–H and O–H groups in total. The Morgan fingerprint density at radius 3 is 0.929 bits per heavy atom. The summed E-state index contributed by atoms with van der Waals surface area (Å²) in [5.74, 6) is 3.71. The SMILES string of the molecule is N#Cc1ccc(-c2ccc(-c3ccc(OCCCCCCCCCCCCSSCCCCCCCCCCCCOc4ccc(-c5ccc(-c6ccc(C#N)cc6)c(F)c5)cc4)cc3)cc2F)cc1. The molecule has 0 aliphatic heterocycles. The van der Waals surface area contributed by atoms with Crippen molar-refractivity contribution >= 4 is 21.6 Å². The van der Waals surface area contributed by atoms with Crippen molar-refractivity contribution in [1.82, 2.24) is 0 Å². The summed E-state index contributed by atoms with van der Waals surface area (Å²) in [6, 6.07) is 44.5. The second-order valence-electron chi connectivity index (χ2n) is 18.2. The van der Waals surface area contributed by atoms with Gasteiger partial charge in [-0.2, -0.15) is 10.5 Å². The summed E-state index contributed by atoms with van der Waals surface area (Å²) < 4.78 is 41.9. The van der Waals surface area contributed by atoms with Crippen LogP contribution in [0.15, 0.2) is 133 Å². The molecule has 70 heavy (non-hydrogen) atoms. The van der Waals surface area contributed by atoms with Crippen molar-refractivity contribution in [2.75, 3.05) is 24.7 Å². The number of rotatable bonds is 33. The fraction of sp³-hybridized carbons (Fsp3) is 0.387. The maximum absolute atomic E-state index is 15.0. The summed E-state index contributed by atoms with van der Waals surface area (Å²) in [4.78, 5) is 0. The number of hydrogen-bond acceptors (Lipinski definition) is 6. The second-order valence-corrected chi connectivity index (χ2v) is 20.9. The largest absolute Gasteiger partial charge is 0.494 e. The average Bonchev–Trinajstić information content (AvgIpc) is 3.40. The van der Waals surface area contributed by atoms with E-state index in [-0.39, 0.29) is 11.6 Å². The molecule has 4 nitrogen and oxygen atoms in total. The third-order valence-electron chi connectivity index (χ3n) is 12.8. The summed E-state index contributed by atoms with van der Waals surface area (Å²) in [7, 11) is 4.15. The summed E-state index contributed by atoms with van der Waals surface area (Å²) in [6.45, 7) is 1.44. The molecule has 0 unspecified atom stereocenters. The summed E-state index contributed by atoms with van der Waals surface area (Å²) >= 11 is 0. The highest BCUT2D eigenvalue weighted by Gasteiger charge is 2.10. The molecule has 6 aromatic carbocycles. The molecule has 0 atom stereocenters. The number of halogens is 2. The topological polar surface area (TPSA) is 66.0 Å². The van der Waals surface area contributed by atoms with Crippen molar-refractivity contribution in [3.63, 3.8) is 0 Å². The number of nitriles is 2. The zero-order chi connectivity index (χ0) is 48.9. The van der Waals surface area contributed by atoms with E-state index in [1.54, 1.807) is 72.8 Å². The molecule has 0 saturated heterocycles. The number of ether oxygens (including phenoxy) is 2. The minimum atomic E-state index is -0.281. The highest BCUT2D eigenvalue weighted by molar-refractivity contribution is 8.76. The number of hydrogen-bond donors (Lipinski definition) is 0. The van der Waals surface area contributed by atoms with E-state index >= 15 is 0 Å². The molecule has 0 aliphatic rings. The Morgan fingerprint density at radius 1 is 0.329 bits per heavy atom. The van der Waals surface area contributed by atoms with E-state index in [1.165, 1.54) is 127 Å². The predicted molar refractivity (Wildman–Crippen MR) is 292 cm³/mol. The minimum absolute atomic E-state index is 0.281. The molecule has 0 spiro atoms. The normalized spacial score (nSPS) is 11.0. The van der Waals surface area contributed by atoms with E-state index in [2.05, 4.69) is 33.7 Å². The molecular weight excluding hydrogens is 907 g/mol. The standard InChI is InChI=1S/C62H70F2N2O2S2/c63-61-45-55(33-39-59(61)53-25-21-49(47-65)22-26-53)51-29-35-57(36-30-51)67-41-17-13-9-5-1-3-7-11-15-19-43-69-70-44-20-16-12-8-4-2-6-10-14-18-42-68-58-37-31-52(32-38-58)56-34-40-60(62(64)46-56)54-27-23-50(48-66)24-28-54/h21-40,45-46H,1-20,41-44H2. The van der Waals surface area contributed by atoms with Gasteiger partial charge in [0, 0.05) is 22.6 Å². The molecular formula is C62H70F2N2O2S2. The van der Waals surface area contributed by atoms with Crippen molar-refractivity contribution in [2.24, 2.45) is 0 Å². The van der Waals surface area contributed by atoms with Crippen molar-refractivity contribution in [3.8, 4) is 68.1 Å². The Morgan fingerprint density at radius 2 is 0.614 bits per heavy atom. The first-order valence-electron chi connectivity index (χ1n) is 25.8. The van der Waals surface area contributed by atoms with Gasteiger partial charge in [-0.05, 0) is 120 Å². The van der Waals surface area contributed by atoms with Crippen molar-refractivity contribution < 1.29 is 18.3 Å². The Bertz CT molecular complexity index is 2320. The van der Waals surface area contributed by atoms with E-state index in [1.807, 2.05) is 60.7 Å². The minimum Gasteiger partial charge on any atom is -0.494 e. The van der Waals surface area contributed by atoms with Gasteiger partial charge in [0.15, 0.2) is 0 Å². The van der Waals surface area contributed by atoms with Crippen LogP contribution >= 0.6 is 21.6 Å². The Balaban J connectivity index is 0.648. The Labute approximate surface area is 425 Å². The summed E-state index contributed by atoms with van der Waals surface area (Å²) in [5, 5.41) is 18.0. The fourth-order valence-electron chi connectivity index (χ4n) is 8.65. The lowest BCUT2D eigenvalue weighted by Gasteiger charge is -2.09. The van der Waals surface area contributed by atoms with Crippen LogP contribution in [0.3, 0.4) is 0 Å². The van der Waals surface area contributed by atoms with Gasteiger partial charge in [0.1, 0.15) is 23.1 Å². The predicted octanol–water partition coefficient (Wildman–Crippen LogP) is 19.0. The van der Waals surface area contributed by atoms with Gasteiger partial charge in [-0.3, -0.25) is 0 Å². The maximum atomic E-state index is 15.0. The molecule has 6 rings (SSSR count). The lowest BCUT2D eigenvalue weighted by Crippen LogP contribution is -1.97. The molecule has 0 amide bonds. The molecule has 366 valence electrons. The zero-order valence-electron chi connectivity index (χ0n) is 41.0. The molecule has 0 aliphatic carbocycles. The first kappa shape index (κ1) is 53.8. The third kappa shape index (κ3) is 19.0. The molecule has 0 heterocycles. The van der Waals surface area contributed by atoms with Crippen molar-refractivity contribution in [1.29, 1.82) is 10.5 Å². The number of benzene rings is 6. The Hall–Kier alpha value is -5.54. The lowest BCUT2D eigenvalue weighted by atomic mass is 9.99. The van der Waals surface area contributed by atoms with Gasteiger partial charge >= 0.3 is 0 Å². The van der Waals surface area contributed by atoms with E-state index in [9.17, 15) is 8.78 Å². The molecule has 0 bridgehead atoms. The van der Waals surface area contributed by atoms with Gasteiger partial charge in [-0.25, -0.2) is 8.78 Å². The number of unbranched alkanes of at least 4 members (excludes halogenated alkanes) is 18. The van der Waals surface area contributed by atoms with Crippen LogP contribution in [0.2, 0.25) is 0 Å². The van der Waals surface area contributed by atoms with Gasteiger partial charge in [-0.15, -0.1) is 0 Å². The zero-order valence-corrected chi connectivity index (χ0v) is 42.6. The van der Waals surface area contributed by atoms with Crippen LogP contribution in [0.5, 0.6) is 11.5 Å². The molecule has 8 heteroatoms. The summed E-state index contributed by atoms with van der Waals surface area (Å²) in [6.07, 6.45) is 26.0. The van der Waals surface area contributed by atoms with Gasteiger partial charge in [0.05, 0.1) is 36.5 Å². The van der Waals surface area contributed by atoms with Crippen LogP contribution in [-0.2, 0) is 0 Å². The van der Waals surface area contributed by atoms with Crippen molar-refractivity contribution in [3.05, 3.63) is 156 Å².